The fraction of sp³-hybridized carbons (Fsp3) is 0.158. The van der Waals surface area contributed by atoms with E-state index in [2.05, 4.69) is 0 Å². The largest absolute Gasteiger partial charge is 0.454 e. The molecule has 2 amide bonds. The van der Waals surface area contributed by atoms with Gasteiger partial charge in [0.15, 0.2) is 12.4 Å². The molecule has 0 N–H and O–H groups in total. The van der Waals surface area contributed by atoms with Crippen LogP contribution < -0.4 is 4.90 Å². The highest BCUT2D eigenvalue weighted by atomic mass is 19.1. The zero-order valence-corrected chi connectivity index (χ0v) is 13.6. The van der Waals surface area contributed by atoms with Gasteiger partial charge in [0.25, 0.3) is 0 Å². The summed E-state index contributed by atoms with van der Waals surface area (Å²) in [5, 5.41) is 0. The van der Waals surface area contributed by atoms with Crippen LogP contribution >= 0.6 is 0 Å². The van der Waals surface area contributed by atoms with Gasteiger partial charge in [-0.15, -0.1) is 0 Å². The van der Waals surface area contributed by atoms with Crippen LogP contribution in [0.2, 0.25) is 0 Å². The van der Waals surface area contributed by atoms with Crippen LogP contribution in [0.15, 0.2) is 48.5 Å². The van der Waals surface area contributed by atoms with Gasteiger partial charge in [0.05, 0.1) is 11.3 Å². The second kappa shape index (κ2) is 7.26. The van der Waals surface area contributed by atoms with Crippen molar-refractivity contribution in [2.75, 3.05) is 11.5 Å². The second-order valence-electron chi connectivity index (χ2n) is 5.68. The first-order valence-corrected chi connectivity index (χ1v) is 7.87. The van der Waals surface area contributed by atoms with Crippen LogP contribution in [0.25, 0.3) is 0 Å². The van der Waals surface area contributed by atoms with Gasteiger partial charge in [-0.2, -0.15) is 0 Å². The number of Topliss-reactive ketones (excluding diaryl/α,β-unsaturated/α-hetero) is 1. The number of benzene rings is 2. The van der Waals surface area contributed by atoms with Crippen molar-refractivity contribution in [2.45, 2.75) is 12.8 Å². The number of esters is 1. The number of carbonyl (C=O) groups is 4. The molecule has 3 rings (SSSR count). The summed E-state index contributed by atoms with van der Waals surface area (Å²) in [6, 6.07) is 10.9. The van der Waals surface area contributed by atoms with E-state index in [0.717, 1.165) is 11.0 Å². The first-order valence-electron chi connectivity index (χ1n) is 7.87. The number of anilines is 1. The number of rotatable bonds is 5. The summed E-state index contributed by atoms with van der Waals surface area (Å²) in [6.45, 7) is -0.548. The Morgan fingerprint density at radius 3 is 2.31 bits per heavy atom. The molecular weight excluding hydrogens is 341 g/mol. The van der Waals surface area contributed by atoms with E-state index in [1.165, 1.54) is 42.5 Å². The third kappa shape index (κ3) is 3.66. The van der Waals surface area contributed by atoms with Gasteiger partial charge >= 0.3 is 5.97 Å². The molecule has 0 unspecified atom stereocenters. The van der Waals surface area contributed by atoms with Gasteiger partial charge in [-0.3, -0.25) is 19.3 Å². The molecule has 0 radical (unpaired) electrons. The lowest BCUT2D eigenvalue weighted by Gasteiger charge is -2.14. The molecule has 2 aromatic rings. The lowest BCUT2D eigenvalue weighted by atomic mass is 10.1. The molecule has 6 nitrogen and oxygen atoms in total. The van der Waals surface area contributed by atoms with Crippen molar-refractivity contribution in [3.05, 3.63) is 65.5 Å². The SMILES string of the molecule is O=C(COC(=O)c1cccc(N2C(=O)CCC2=O)c1)c1cccc(F)c1. The molecule has 7 heteroatoms. The third-order valence-corrected chi connectivity index (χ3v) is 3.87. The van der Waals surface area contributed by atoms with Gasteiger partial charge in [-0.1, -0.05) is 18.2 Å². The number of hydrogen-bond donors (Lipinski definition) is 0. The summed E-state index contributed by atoms with van der Waals surface area (Å²) < 4.78 is 18.1. The third-order valence-electron chi connectivity index (χ3n) is 3.87. The predicted octanol–water partition coefficient (Wildman–Crippen LogP) is 2.52. The number of ketones is 1. The molecule has 2 aromatic carbocycles. The van der Waals surface area contributed by atoms with Gasteiger partial charge in [0, 0.05) is 18.4 Å². The molecule has 26 heavy (non-hydrogen) atoms. The average molecular weight is 355 g/mol. The minimum atomic E-state index is -0.782. The summed E-state index contributed by atoms with van der Waals surface area (Å²) in [5.74, 6) is -2.55. The number of imide groups is 1. The fourth-order valence-electron chi connectivity index (χ4n) is 2.60. The van der Waals surface area contributed by atoms with Crippen LogP contribution in [0.1, 0.15) is 33.6 Å². The zero-order valence-electron chi connectivity index (χ0n) is 13.6. The monoisotopic (exact) mass is 355 g/mol. The Hall–Kier alpha value is -3.35. The number of carbonyl (C=O) groups excluding carboxylic acids is 4. The molecule has 0 spiro atoms. The molecule has 132 valence electrons. The number of amides is 2. The Labute approximate surface area is 148 Å². The Bertz CT molecular complexity index is 892. The predicted molar refractivity (Wildman–Crippen MR) is 89.2 cm³/mol. The summed E-state index contributed by atoms with van der Waals surface area (Å²) in [6.07, 6.45) is 0.269. The van der Waals surface area contributed by atoms with Crippen LogP contribution in [0, 0.1) is 5.82 Å². The van der Waals surface area contributed by atoms with E-state index in [1.807, 2.05) is 0 Å². The van der Waals surface area contributed by atoms with Gasteiger partial charge in [0.2, 0.25) is 11.8 Å². The van der Waals surface area contributed by atoms with E-state index < -0.39 is 24.2 Å². The highest BCUT2D eigenvalue weighted by Gasteiger charge is 2.30. The normalized spacial score (nSPS) is 13.8. The van der Waals surface area contributed by atoms with Gasteiger partial charge < -0.3 is 4.74 Å². The molecule has 1 heterocycles. The highest BCUT2D eigenvalue weighted by Crippen LogP contribution is 2.23. The Kier molecular flexibility index (Phi) is 4.88. The maximum Gasteiger partial charge on any atom is 0.338 e. The van der Waals surface area contributed by atoms with Crippen LogP contribution in [0.5, 0.6) is 0 Å². The van der Waals surface area contributed by atoms with E-state index in [-0.39, 0.29) is 41.5 Å². The maximum absolute atomic E-state index is 13.1. The lowest BCUT2D eigenvalue weighted by molar-refractivity contribution is -0.121. The Balaban J connectivity index is 1.69. The minimum Gasteiger partial charge on any atom is -0.454 e. The molecule has 1 saturated heterocycles. The number of ether oxygens (including phenoxy) is 1. The first-order chi connectivity index (χ1) is 12.5. The number of nitrogens with zero attached hydrogens (tertiary/aromatic N) is 1. The minimum absolute atomic E-state index is 0.0970. The Morgan fingerprint density at radius 1 is 0.962 bits per heavy atom. The van der Waals surface area contributed by atoms with Gasteiger partial charge in [-0.05, 0) is 30.3 Å². The van der Waals surface area contributed by atoms with Crippen LogP contribution in [0.4, 0.5) is 10.1 Å². The van der Waals surface area contributed by atoms with Crippen LogP contribution in [0.3, 0.4) is 0 Å². The summed E-state index contributed by atoms with van der Waals surface area (Å²) >= 11 is 0. The Morgan fingerprint density at radius 2 is 1.62 bits per heavy atom. The van der Waals surface area contributed by atoms with E-state index >= 15 is 0 Å². The van der Waals surface area contributed by atoms with E-state index in [9.17, 15) is 23.6 Å². The number of hydrogen-bond acceptors (Lipinski definition) is 5. The topological polar surface area (TPSA) is 80.8 Å². The van der Waals surface area contributed by atoms with E-state index in [0.29, 0.717) is 0 Å². The van der Waals surface area contributed by atoms with Crippen molar-refractivity contribution in [3.8, 4) is 0 Å². The molecule has 0 atom stereocenters. The van der Waals surface area contributed by atoms with Gasteiger partial charge in [-0.25, -0.2) is 9.18 Å². The van der Waals surface area contributed by atoms with Crippen molar-refractivity contribution in [1.29, 1.82) is 0 Å². The summed E-state index contributed by atoms with van der Waals surface area (Å²) in [5.41, 5.74) is 0.477. The quantitative estimate of drug-likeness (QED) is 0.468. The molecule has 0 bridgehead atoms. The standard InChI is InChI=1S/C19H14FNO5/c20-14-5-1-3-12(9-14)16(22)11-26-19(25)13-4-2-6-15(10-13)21-17(23)7-8-18(21)24/h1-6,9-10H,7-8,11H2. The zero-order chi connectivity index (χ0) is 18.7. The molecule has 0 aromatic heterocycles. The van der Waals surface area contributed by atoms with Crippen LogP contribution in [-0.2, 0) is 14.3 Å². The van der Waals surface area contributed by atoms with E-state index in [1.54, 1.807) is 0 Å². The van der Waals surface area contributed by atoms with E-state index in [4.69, 9.17) is 4.74 Å². The van der Waals surface area contributed by atoms with Gasteiger partial charge in [0.1, 0.15) is 5.82 Å². The van der Waals surface area contributed by atoms with Crippen molar-refractivity contribution < 1.29 is 28.3 Å². The highest BCUT2D eigenvalue weighted by molar-refractivity contribution is 6.20. The fourth-order valence-corrected chi connectivity index (χ4v) is 2.60. The lowest BCUT2D eigenvalue weighted by Crippen LogP contribution is -2.28. The van der Waals surface area contributed by atoms with Crippen molar-refractivity contribution in [1.82, 2.24) is 0 Å². The maximum atomic E-state index is 13.1. The molecule has 0 aliphatic carbocycles. The summed E-state index contributed by atoms with van der Waals surface area (Å²) in [7, 11) is 0. The first kappa shape index (κ1) is 17.5. The molecule has 0 saturated carbocycles. The average Bonchev–Trinajstić information content (AvgIpc) is 2.98. The van der Waals surface area contributed by atoms with Crippen molar-refractivity contribution in [2.24, 2.45) is 0 Å². The van der Waals surface area contributed by atoms with Crippen LogP contribution in [-0.4, -0.2) is 30.2 Å². The van der Waals surface area contributed by atoms with Crippen molar-refractivity contribution in [3.63, 3.8) is 0 Å². The second-order valence-corrected chi connectivity index (χ2v) is 5.68. The number of halogens is 1. The molecule has 1 aliphatic rings. The molecule has 1 aliphatic heterocycles. The molecular formula is C19H14FNO5. The van der Waals surface area contributed by atoms with Crippen molar-refractivity contribution >= 4 is 29.3 Å². The molecule has 1 fully saturated rings. The summed E-state index contributed by atoms with van der Waals surface area (Å²) in [4.78, 5) is 48.7. The smallest absolute Gasteiger partial charge is 0.338 e.